The molecule has 42 heavy (non-hydrogen) atoms. The lowest BCUT2D eigenvalue weighted by Gasteiger charge is -2.19. The summed E-state index contributed by atoms with van der Waals surface area (Å²) in [5, 5.41) is 24.0. The van der Waals surface area contributed by atoms with Gasteiger partial charge in [-0.05, 0) is 96.8 Å². The van der Waals surface area contributed by atoms with Crippen LogP contribution in [0, 0.1) is 32.1 Å². The normalized spacial score (nSPS) is 11.3. The van der Waals surface area contributed by atoms with Crippen LogP contribution in [0.1, 0.15) is 55.3 Å². The number of carbonyl (C=O) groups excluding carboxylic acids is 2. The van der Waals surface area contributed by atoms with Crippen LogP contribution in [0.25, 0.3) is 11.1 Å². The van der Waals surface area contributed by atoms with Crippen molar-refractivity contribution in [3.8, 4) is 17.2 Å². The van der Waals surface area contributed by atoms with E-state index in [-0.39, 0.29) is 5.91 Å². The summed E-state index contributed by atoms with van der Waals surface area (Å²) >= 11 is 0. The van der Waals surface area contributed by atoms with Crippen molar-refractivity contribution in [2.75, 3.05) is 6.54 Å². The van der Waals surface area contributed by atoms with Gasteiger partial charge in [-0.15, -0.1) is 0 Å². The summed E-state index contributed by atoms with van der Waals surface area (Å²) in [4.78, 5) is 36.2. The van der Waals surface area contributed by atoms with Crippen LogP contribution in [0.5, 0.6) is 0 Å². The Kier molecular flexibility index (Phi) is 9.51. The lowest BCUT2D eigenvalue weighted by Crippen LogP contribution is -2.35. The van der Waals surface area contributed by atoms with Gasteiger partial charge in [-0.1, -0.05) is 66.2 Å². The summed E-state index contributed by atoms with van der Waals surface area (Å²) < 4.78 is 0. The molecule has 0 aliphatic heterocycles. The van der Waals surface area contributed by atoms with Gasteiger partial charge in [0.25, 0.3) is 5.91 Å². The molecule has 4 aromatic rings. The molecule has 4 rings (SSSR count). The molecule has 0 aromatic heterocycles. The van der Waals surface area contributed by atoms with Gasteiger partial charge in [-0.25, -0.2) is 4.79 Å². The van der Waals surface area contributed by atoms with E-state index in [0.717, 1.165) is 23.1 Å². The Balaban J connectivity index is 1.47. The number of nitriles is 1. The molecule has 0 aliphatic rings. The van der Waals surface area contributed by atoms with Gasteiger partial charge >= 0.3 is 11.9 Å². The van der Waals surface area contributed by atoms with Gasteiger partial charge in [-0.3, -0.25) is 9.59 Å². The number of benzene rings is 4. The number of aliphatic carboxylic acids is 1. The molecule has 1 atom stereocenters. The first-order chi connectivity index (χ1) is 20.1. The van der Waals surface area contributed by atoms with Crippen molar-refractivity contribution in [2.24, 2.45) is 0 Å². The number of hydrogen-bond donors (Lipinski definition) is 3. The zero-order valence-electron chi connectivity index (χ0n) is 23.9. The third-order valence-corrected chi connectivity index (χ3v) is 7.27. The lowest BCUT2D eigenvalue weighted by atomic mass is 9.95. The summed E-state index contributed by atoms with van der Waals surface area (Å²) in [7, 11) is 0. The van der Waals surface area contributed by atoms with Gasteiger partial charge in [0.1, 0.15) is 0 Å². The van der Waals surface area contributed by atoms with Gasteiger partial charge in [0.2, 0.25) is 0 Å². The second kappa shape index (κ2) is 13.4. The number of hydrogen-bond acceptors (Lipinski definition) is 4. The summed E-state index contributed by atoms with van der Waals surface area (Å²) in [6, 6.07) is 27.6. The Bertz CT molecular complexity index is 1650. The maximum Gasteiger partial charge on any atom is 0.394 e. The minimum absolute atomic E-state index is 0.146. The summed E-state index contributed by atoms with van der Waals surface area (Å²) in [6.07, 6.45) is 1.07. The maximum absolute atomic E-state index is 12.9. The van der Waals surface area contributed by atoms with Crippen molar-refractivity contribution in [1.82, 2.24) is 10.6 Å². The van der Waals surface area contributed by atoms with Crippen molar-refractivity contribution < 1.29 is 19.5 Å². The standard InChI is InChI=1S/C35H33N3O4/c1-22-16-23(2)31(24(3)17-22)14-15-37-33(39)30-9-5-8-29(20-30)27-10-12-28(13-11-27)32(38-34(40)35(41)42)19-25-6-4-7-26(18-25)21-36/h4-13,16-18,20,32H,14-15,19H2,1-3H3,(H,37,39)(H,38,40)(H,41,42). The minimum atomic E-state index is -1.57. The van der Waals surface area contributed by atoms with Crippen LogP contribution in [0.3, 0.4) is 0 Å². The highest BCUT2D eigenvalue weighted by Gasteiger charge is 2.20. The molecule has 0 saturated heterocycles. The molecule has 0 fully saturated rings. The van der Waals surface area contributed by atoms with Crippen LogP contribution in [0.2, 0.25) is 0 Å². The molecular formula is C35H33N3O4. The highest BCUT2D eigenvalue weighted by molar-refractivity contribution is 6.31. The Labute approximate surface area is 245 Å². The molecule has 212 valence electrons. The summed E-state index contributed by atoms with van der Waals surface area (Å²) in [5.41, 5.74) is 9.21. The van der Waals surface area contributed by atoms with Crippen LogP contribution in [-0.2, 0) is 22.4 Å². The van der Waals surface area contributed by atoms with Crippen molar-refractivity contribution in [1.29, 1.82) is 5.26 Å². The average molecular weight is 560 g/mol. The SMILES string of the molecule is Cc1cc(C)c(CCNC(=O)c2cccc(-c3ccc(C(Cc4cccc(C#N)c4)NC(=O)C(=O)O)cc3)c2)c(C)c1. The molecule has 0 aliphatic carbocycles. The number of amides is 2. The van der Waals surface area contributed by atoms with Crippen molar-refractivity contribution in [3.05, 3.63) is 129 Å². The molecule has 0 heterocycles. The first kappa shape index (κ1) is 29.8. The number of carboxylic acid groups (broad SMARTS) is 1. The summed E-state index contributed by atoms with van der Waals surface area (Å²) in [6.45, 7) is 6.81. The van der Waals surface area contributed by atoms with Gasteiger partial charge in [-0.2, -0.15) is 5.26 Å². The van der Waals surface area contributed by atoms with E-state index in [9.17, 15) is 19.6 Å². The smallest absolute Gasteiger partial charge is 0.394 e. The van der Waals surface area contributed by atoms with Gasteiger partial charge in [0.05, 0.1) is 17.7 Å². The van der Waals surface area contributed by atoms with Crippen LogP contribution >= 0.6 is 0 Å². The fourth-order valence-electron chi connectivity index (χ4n) is 5.23. The molecule has 1 unspecified atom stereocenters. The Morgan fingerprint density at radius 3 is 2.21 bits per heavy atom. The van der Waals surface area contributed by atoms with E-state index in [1.165, 1.54) is 22.3 Å². The highest BCUT2D eigenvalue weighted by atomic mass is 16.4. The molecule has 0 radical (unpaired) electrons. The number of rotatable bonds is 9. The highest BCUT2D eigenvalue weighted by Crippen LogP contribution is 2.25. The monoisotopic (exact) mass is 559 g/mol. The Morgan fingerprint density at radius 2 is 1.55 bits per heavy atom. The molecule has 4 aromatic carbocycles. The van der Waals surface area contributed by atoms with Crippen LogP contribution in [0.15, 0.2) is 84.9 Å². The molecule has 7 heteroatoms. The number of carboxylic acids is 1. The molecule has 0 bridgehead atoms. The molecule has 3 N–H and O–H groups in total. The first-order valence-corrected chi connectivity index (χ1v) is 13.7. The topological polar surface area (TPSA) is 119 Å². The van der Waals surface area contributed by atoms with Crippen LogP contribution in [-0.4, -0.2) is 29.4 Å². The fourth-order valence-corrected chi connectivity index (χ4v) is 5.23. The minimum Gasteiger partial charge on any atom is -0.474 e. The number of carbonyl (C=O) groups is 3. The van der Waals surface area contributed by atoms with Gasteiger partial charge < -0.3 is 15.7 Å². The van der Waals surface area contributed by atoms with E-state index >= 15 is 0 Å². The Hall–Kier alpha value is -5.22. The molecular weight excluding hydrogens is 526 g/mol. The summed E-state index contributed by atoms with van der Waals surface area (Å²) in [5.74, 6) is -2.82. The maximum atomic E-state index is 12.9. The van der Waals surface area contributed by atoms with Crippen molar-refractivity contribution in [3.63, 3.8) is 0 Å². The molecule has 0 spiro atoms. The predicted octanol–water partition coefficient (Wildman–Crippen LogP) is 5.61. The largest absolute Gasteiger partial charge is 0.474 e. The number of nitrogens with zero attached hydrogens (tertiary/aromatic N) is 1. The van der Waals surface area contributed by atoms with E-state index < -0.39 is 17.9 Å². The molecule has 2 amide bonds. The van der Waals surface area contributed by atoms with Crippen LogP contribution in [0.4, 0.5) is 0 Å². The lowest BCUT2D eigenvalue weighted by molar-refractivity contribution is -0.150. The van der Waals surface area contributed by atoms with Crippen molar-refractivity contribution >= 4 is 17.8 Å². The van der Waals surface area contributed by atoms with E-state index in [1.54, 1.807) is 24.3 Å². The van der Waals surface area contributed by atoms with E-state index in [2.05, 4.69) is 49.6 Å². The third kappa shape index (κ3) is 7.49. The van der Waals surface area contributed by atoms with E-state index in [1.807, 2.05) is 48.5 Å². The van der Waals surface area contributed by atoms with Gasteiger partial charge in [0, 0.05) is 12.1 Å². The quantitative estimate of drug-likeness (QED) is 0.230. The second-order valence-electron chi connectivity index (χ2n) is 10.4. The van der Waals surface area contributed by atoms with Crippen LogP contribution < -0.4 is 10.6 Å². The Morgan fingerprint density at radius 1 is 0.857 bits per heavy atom. The second-order valence-corrected chi connectivity index (χ2v) is 10.4. The fraction of sp³-hybridized carbons (Fsp3) is 0.200. The zero-order valence-corrected chi connectivity index (χ0v) is 23.9. The number of nitrogens with one attached hydrogen (secondary N) is 2. The first-order valence-electron chi connectivity index (χ1n) is 13.7. The predicted molar refractivity (Wildman–Crippen MR) is 162 cm³/mol. The number of aryl methyl sites for hydroxylation is 3. The average Bonchev–Trinajstić information content (AvgIpc) is 2.98. The zero-order chi connectivity index (χ0) is 30.2. The third-order valence-electron chi connectivity index (χ3n) is 7.27. The molecule has 7 nitrogen and oxygen atoms in total. The van der Waals surface area contributed by atoms with E-state index in [4.69, 9.17) is 5.11 Å². The van der Waals surface area contributed by atoms with E-state index in [0.29, 0.717) is 29.7 Å². The van der Waals surface area contributed by atoms with Crippen molar-refractivity contribution in [2.45, 2.75) is 39.7 Å². The molecule has 0 saturated carbocycles. The van der Waals surface area contributed by atoms with Gasteiger partial charge in [0.15, 0.2) is 0 Å².